The zero-order valence-corrected chi connectivity index (χ0v) is 19.8. The molecule has 3 aromatic carbocycles. The lowest BCUT2D eigenvalue weighted by Crippen LogP contribution is -1.94. The van der Waals surface area contributed by atoms with Crippen molar-refractivity contribution in [3.8, 4) is 0 Å². The lowest BCUT2D eigenvalue weighted by Gasteiger charge is -2.06. The van der Waals surface area contributed by atoms with Gasteiger partial charge in [-0.3, -0.25) is 10.1 Å². The summed E-state index contributed by atoms with van der Waals surface area (Å²) >= 11 is 6.04. The van der Waals surface area contributed by atoms with Gasteiger partial charge in [-0.1, -0.05) is 24.3 Å². The first kappa shape index (κ1) is 20.5. The number of non-ortho nitro benzene ring substituents is 1. The fourth-order valence-electron chi connectivity index (χ4n) is 3.21. The van der Waals surface area contributed by atoms with Crippen molar-refractivity contribution in [2.24, 2.45) is 0 Å². The highest BCUT2D eigenvalue weighted by molar-refractivity contribution is 8.04. The number of hydrogen-bond donors (Lipinski definition) is 0. The average molecular weight is 506 g/mol. The summed E-state index contributed by atoms with van der Waals surface area (Å²) in [5.74, 6) is 0. The third-order valence-corrected chi connectivity index (χ3v) is 8.99. The number of nitrogens with zero attached hydrogens (tertiary/aromatic N) is 5. The Bertz CT molecular complexity index is 1610. The van der Waals surface area contributed by atoms with E-state index >= 15 is 0 Å². The molecule has 33 heavy (non-hydrogen) atoms. The largest absolute Gasteiger partial charge is 0.271 e. The van der Waals surface area contributed by atoms with Crippen LogP contribution in [0.4, 0.5) is 5.69 Å². The molecular formula is C22H11N5O2S4. The zero-order chi connectivity index (χ0) is 22.4. The molecule has 0 N–H and O–H groups in total. The second-order valence-electron chi connectivity index (χ2n) is 6.86. The molecule has 0 spiro atoms. The van der Waals surface area contributed by atoms with E-state index in [2.05, 4.69) is 0 Å². The topological polar surface area (TPSA) is 94.7 Å². The van der Waals surface area contributed by atoms with E-state index in [0.29, 0.717) is 21.1 Å². The fraction of sp³-hybridized carbons (Fsp3) is 0. The van der Waals surface area contributed by atoms with E-state index in [-0.39, 0.29) is 5.69 Å². The molecule has 3 aromatic heterocycles. The summed E-state index contributed by atoms with van der Waals surface area (Å²) in [6.07, 6.45) is 0. The molecule has 0 fully saturated rings. The Balaban J connectivity index is 1.46. The van der Waals surface area contributed by atoms with Crippen LogP contribution in [0.5, 0.6) is 0 Å². The second-order valence-corrected chi connectivity index (χ2v) is 11.4. The highest BCUT2D eigenvalue weighted by Gasteiger charge is 2.18. The van der Waals surface area contributed by atoms with Crippen LogP contribution in [-0.4, -0.2) is 24.9 Å². The van der Waals surface area contributed by atoms with Gasteiger partial charge in [0.05, 0.1) is 36.4 Å². The molecule has 3 heterocycles. The summed E-state index contributed by atoms with van der Waals surface area (Å²) in [6, 6.07) is 20.5. The quantitative estimate of drug-likeness (QED) is 0.181. The predicted octanol–water partition coefficient (Wildman–Crippen LogP) is 7.06. The molecule has 160 valence electrons. The van der Waals surface area contributed by atoms with Gasteiger partial charge in [0.2, 0.25) is 0 Å². The van der Waals surface area contributed by atoms with Crippen LogP contribution < -0.4 is 0 Å². The average Bonchev–Trinajstić information content (AvgIpc) is 3.41. The van der Waals surface area contributed by atoms with Gasteiger partial charge in [0.1, 0.15) is 10.1 Å². The zero-order valence-electron chi connectivity index (χ0n) is 16.5. The third-order valence-electron chi connectivity index (χ3n) is 4.71. The lowest BCUT2D eigenvalue weighted by molar-refractivity contribution is -0.384. The number of para-hydroxylation sites is 2. The summed E-state index contributed by atoms with van der Waals surface area (Å²) < 4.78 is 3.88. The van der Waals surface area contributed by atoms with Crippen LogP contribution in [0, 0.1) is 10.1 Å². The molecule has 0 bridgehead atoms. The van der Waals surface area contributed by atoms with Crippen molar-refractivity contribution in [2.75, 3.05) is 0 Å². The van der Waals surface area contributed by atoms with Crippen molar-refractivity contribution < 1.29 is 4.92 Å². The Morgan fingerprint density at radius 3 is 1.76 bits per heavy atom. The smallest absolute Gasteiger partial charge is 0.258 e. The molecule has 11 heteroatoms. The maximum atomic E-state index is 11.2. The predicted molar refractivity (Wildman–Crippen MR) is 134 cm³/mol. The minimum atomic E-state index is -0.425. The maximum absolute atomic E-state index is 11.2. The van der Waals surface area contributed by atoms with Gasteiger partial charge in [-0.25, -0.2) is 19.9 Å². The van der Waals surface area contributed by atoms with E-state index in [1.54, 1.807) is 28.7 Å². The molecule has 7 nitrogen and oxygen atoms in total. The molecule has 0 atom stereocenters. The van der Waals surface area contributed by atoms with E-state index < -0.39 is 4.92 Å². The summed E-state index contributed by atoms with van der Waals surface area (Å²) in [5, 5.41) is 12.6. The number of rotatable bonds is 5. The highest BCUT2D eigenvalue weighted by atomic mass is 32.2. The summed E-state index contributed by atoms with van der Waals surface area (Å²) in [7, 11) is 0. The highest BCUT2D eigenvalue weighted by Crippen LogP contribution is 2.42. The minimum absolute atomic E-state index is 0.0145. The SMILES string of the molecule is O=[N+]([O-])c1ccc2nc(Sc3nc4ccccc4s3)c(Sc3nc4ccccc4s3)nc2c1. The van der Waals surface area contributed by atoms with Crippen molar-refractivity contribution in [3.63, 3.8) is 0 Å². The molecule has 6 rings (SSSR count). The Hall–Kier alpha value is -3.12. The number of aromatic nitrogens is 4. The molecule has 0 unspecified atom stereocenters. The van der Waals surface area contributed by atoms with Crippen molar-refractivity contribution >= 4 is 83.4 Å². The van der Waals surface area contributed by atoms with Crippen LogP contribution in [0.25, 0.3) is 31.5 Å². The van der Waals surface area contributed by atoms with Crippen LogP contribution in [0.3, 0.4) is 0 Å². The van der Waals surface area contributed by atoms with E-state index in [1.807, 2.05) is 48.5 Å². The first-order chi connectivity index (χ1) is 16.1. The summed E-state index contributed by atoms with van der Waals surface area (Å²) in [5.41, 5.74) is 2.92. The van der Waals surface area contributed by atoms with E-state index in [4.69, 9.17) is 19.9 Å². The van der Waals surface area contributed by atoms with Gasteiger partial charge in [-0.2, -0.15) is 0 Å². The number of thiazole rings is 2. The van der Waals surface area contributed by atoms with Crippen LogP contribution in [0.15, 0.2) is 85.5 Å². The van der Waals surface area contributed by atoms with E-state index in [0.717, 1.165) is 29.1 Å². The normalized spacial score (nSPS) is 11.5. The molecule has 6 aromatic rings. The van der Waals surface area contributed by atoms with Crippen molar-refractivity contribution in [1.29, 1.82) is 0 Å². The summed E-state index contributed by atoms with van der Waals surface area (Å²) in [6.45, 7) is 0. The van der Waals surface area contributed by atoms with Crippen molar-refractivity contribution in [2.45, 2.75) is 18.7 Å². The van der Waals surface area contributed by atoms with Gasteiger partial charge in [0, 0.05) is 12.1 Å². The molecule has 0 aliphatic carbocycles. The van der Waals surface area contributed by atoms with Gasteiger partial charge in [0.15, 0.2) is 8.68 Å². The lowest BCUT2D eigenvalue weighted by atomic mass is 10.3. The molecule has 0 aliphatic heterocycles. The van der Waals surface area contributed by atoms with Gasteiger partial charge in [0.25, 0.3) is 5.69 Å². The number of hydrogen-bond acceptors (Lipinski definition) is 10. The molecular weight excluding hydrogens is 495 g/mol. The second kappa shape index (κ2) is 8.34. The first-order valence-corrected chi connectivity index (χ1v) is 12.9. The Kier molecular flexibility index (Phi) is 5.18. The third kappa shape index (κ3) is 4.04. The number of nitro groups is 1. The van der Waals surface area contributed by atoms with Crippen LogP contribution >= 0.6 is 46.2 Å². The molecule has 0 aliphatic rings. The Morgan fingerprint density at radius 1 is 0.667 bits per heavy atom. The summed E-state index contributed by atoms with van der Waals surface area (Å²) in [4.78, 5) is 29.8. The van der Waals surface area contributed by atoms with Gasteiger partial charge >= 0.3 is 0 Å². The van der Waals surface area contributed by atoms with Gasteiger partial charge in [-0.15, -0.1) is 22.7 Å². The number of benzene rings is 3. The molecule has 0 saturated heterocycles. The Labute approximate surface area is 203 Å². The van der Waals surface area contributed by atoms with Crippen molar-refractivity contribution in [1.82, 2.24) is 19.9 Å². The van der Waals surface area contributed by atoms with E-state index in [1.165, 1.54) is 35.7 Å². The maximum Gasteiger partial charge on any atom is 0.271 e. The molecule has 0 radical (unpaired) electrons. The van der Waals surface area contributed by atoms with Crippen LogP contribution in [-0.2, 0) is 0 Å². The number of nitro benzene ring substituents is 1. The van der Waals surface area contributed by atoms with Gasteiger partial charge < -0.3 is 0 Å². The van der Waals surface area contributed by atoms with Gasteiger partial charge in [-0.05, 0) is 53.9 Å². The monoisotopic (exact) mass is 505 g/mol. The van der Waals surface area contributed by atoms with Crippen molar-refractivity contribution in [3.05, 3.63) is 76.8 Å². The standard InChI is InChI=1S/C22H11N5O2S4/c28-27(29)12-9-10-13-16(11-12)24-20(33-22-26-15-6-2-4-8-18(15)31-22)19(23-13)32-21-25-14-5-1-3-7-17(14)30-21/h1-11H. The van der Waals surface area contributed by atoms with Crippen LogP contribution in [0.1, 0.15) is 0 Å². The van der Waals surface area contributed by atoms with Crippen LogP contribution in [0.2, 0.25) is 0 Å². The fourth-order valence-corrected chi connectivity index (χ4v) is 7.37. The molecule has 0 amide bonds. The first-order valence-electron chi connectivity index (χ1n) is 9.65. The minimum Gasteiger partial charge on any atom is -0.258 e. The number of fused-ring (bicyclic) bond motifs is 3. The van der Waals surface area contributed by atoms with E-state index in [9.17, 15) is 10.1 Å². The Morgan fingerprint density at radius 2 is 1.21 bits per heavy atom. The molecule has 0 saturated carbocycles.